The number of nitro benzene ring substituents is 1. The fraction of sp³-hybridized carbons (Fsp3) is 0.0625. The monoisotopic (exact) mass is 317 g/mol. The predicted octanol–water partition coefficient (Wildman–Crippen LogP) is 3.06. The number of halogens is 2. The quantitative estimate of drug-likeness (QED) is 0.369. The maximum atomic E-state index is 13.5. The Bertz CT molecular complexity index is 836. The first kappa shape index (κ1) is 16.1. The molecule has 2 aromatic carbocycles. The summed E-state index contributed by atoms with van der Waals surface area (Å²) >= 11 is 0. The zero-order valence-electron chi connectivity index (χ0n) is 11.8. The number of ether oxygens (including phenoxy) is 1. The third-order valence-electron chi connectivity index (χ3n) is 2.86. The maximum Gasteiger partial charge on any atom is 0.339 e. The van der Waals surface area contributed by atoms with Gasteiger partial charge in [-0.25, -0.2) is 13.6 Å². The molecule has 5 nitrogen and oxygen atoms in total. The molecule has 0 atom stereocenters. The van der Waals surface area contributed by atoms with Crippen LogP contribution in [0.4, 0.5) is 14.5 Å². The summed E-state index contributed by atoms with van der Waals surface area (Å²) in [4.78, 5) is 21.9. The van der Waals surface area contributed by atoms with E-state index in [2.05, 4.69) is 16.6 Å². The second kappa shape index (κ2) is 6.66. The van der Waals surface area contributed by atoms with Gasteiger partial charge in [0.2, 0.25) is 0 Å². The average molecular weight is 317 g/mol. The highest BCUT2D eigenvalue weighted by Crippen LogP contribution is 2.24. The van der Waals surface area contributed by atoms with Crippen LogP contribution in [-0.4, -0.2) is 18.0 Å². The van der Waals surface area contributed by atoms with E-state index in [4.69, 9.17) is 0 Å². The van der Waals surface area contributed by atoms with Crippen LogP contribution in [-0.2, 0) is 4.74 Å². The van der Waals surface area contributed by atoms with Gasteiger partial charge in [-0.15, -0.1) is 0 Å². The third kappa shape index (κ3) is 3.68. The van der Waals surface area contributed by atoms with Gasteiger partial charge >= 0.3 is 5.97 Å². The number of hydrogen-bond donors (Lipinski definition) is 0. The van der Waals surface area contributed by atoms with Crippen molar-refractivity contribution in [2.24, 2.45) is 0 Å². The summed E-state index contributed by atoms with van der Waals surface area (Å²) in [5, 5.41) is 11.1. The van der Waals surface area contributed by atoms with Crippen LogP contribution in [0.1, 0.15) is 21.5 Å². The molecule has 0 aliphatic rings. The Labute approximate surface area is 129 Å². The molecule has 0 saturated carbocycles. The van der Waals surface area contributed by atoms with E-state index in [9.17, 15) is 23.7 Å². The summed E-state index contributed by atoms with van der Waals surface area (Å²) in [6.07, 6.45) is 0. The first-order chi connectivity index (χ1) is 10.9. The van der Waals surface area contributed by atoms with Crippen molar-refractivity contribution in [3.05, 3.63) is 74.8 Å². The van der Waals surface area contributed by atoms with E-state index in [1.165, 1.54) is 24.3 Å². The van der Waals surface area contributed by atoms with Crippen LogP contribution in [0, 0.1) is 33.6 Å². The number of benzene rings is 2. The highest BCUT2D eigenvalue weighted by molar-refractivity contribution is 5.94. The zero-order valence-corrected chi connectivity index (χ0v) is 11.8. The molecular weight excluding hydrogens is 308 g/mol. The summed E-state index contributed by atoms with van der Waals surface area (Å²) in [6.45, 7) is 0. The van der Waals surface area contributed by atoms with Crippen LogP contribution < -0.4 is 0 Å². The molecule has 0 aliphatic heterocycles. The van der Waals surface area contributed by atoms with Gasteiger partial charge in [-0.2, -0.15) is 0 Å². The molecule has 116 valence electrons. The number of carbonyl (C=O) groups is 1. The first-order valence-corrected chi connectivity index (χ1v) is 6.26. The molecule has 7 heteroatoms. The number of methoxy groups -OCH3 is 1. The molecule has 0 radical (unpaired) electrons. The molecule has 23 heavy (non-hydrogen) atoms. The molecule has 0 heterocycles. The fourth-order valence-corrected chi connectivity index (χ4v) is 1.81. The molecule has 0 unspecified atom stereocenters. The summed E-state index contributed by atoms with van der Waals surface area (Å²) in [6, 6.07) is 6.56. The van der Waals surface area contributed by atoms with Gasteiger partial charge in [0, 0.05) is 5.56 Å². The van der Waals surface area contributed by atoms with Crippen LogP contribution in [0.15, 0.2) is 36.4 Å². The second-order valence-corrected chi connectivity index (χ2v) is 4.35. The molecule has 0 fully saturated rings. The summed E-state index contributed by atoms with van der Waals surface area (Å²) in [5.41, 5.74) is -0.901. The maximum absolute atomic E-state index is 13.5. The molecule has 0 saturated heterocycles. The standard InChI is InChI=1S/C16H9F2NO4/c1-23-16(20)14-8-12(18)9-15(19(21)22)13(14)7-4-10-2-5-11(17)6-3-10/h2-3,5-6,8-9H,1H3. The van der Waals surface area contributed by atoms with Crippen molar-refractivity contribution in [3.63, 3.8) is 0 Å². The van der Waals surface area contributed by atoms with Crippen molar-refractivity contribution in [2.45, 2.75) is 0 Å². The predicted molar refractivity (Wildman–Crippen MR) is 76.8 cm³/mol. The van der Waals surface area contributed by atoms with Crippen molar-refractivity contribution in [1.82, 2.24) is 0 Å². The van der Waals surface area contributed by atoms with Gasteiger partial charge in [-0.3, -0.25) is 10.1 Å². The van der Waals surface area contributed by atoms with Gasteiger partial charge in [-0.1, -0.05) is 11.8 Å². The lowest BCUT2D eigenvalue weighted by molar-refractivity contribution is -0.385. The Morgan fingerprint density at radius 3 is 2.35 bits per heavy atom. The van der Waals surface area contributed by atoms with Gasteiger partial charge in [0.1, 0.15) is 17.2 Å². The minimum Gasteiger partial charge on any atom is -0.465 e. The minimum atomic E-state index is -0.954. The van der Waals surface area contributed by atoms with Crippen LogP contribution in [0.2, 0.25) is 0 Å². The highest BCUT2D eigenvalue weighted by Gasteiger charge is 2.23. The molecule has 0 amide bonds. The molecular formula is C16H9F2NO4. The summed E-state index contributed by atoms with van der Waals surface area (Å²) in [7, 11) is 1.07. The second-order valence-electron chi connectivity index (χ2n) is 4.35. The highest BCUT2D eigenvalue weighted by atomic mass is 19.1. The Morgan fingerprint density at radius 2 is 1.78 bits per heavy atom. The van der Waals surface area contributed by atoms with Crippen LogP contribution in [0.25, 0.3) is 0 Å². The van der Waals surface area contributed by atoms with E-state index in [0.29, 0.717) is 11.6 Å². The van der Waals surface area contributed by atoms with E-state index in [-0.39, 0.29) is 11.1 Å². The van der Waals surface area contributed by atoms with Gasteiger partial charge in [0.15, 0.2) is 0 Å². The van der Waals surface area contributed by atoms with Crippen LogP contribution in [0.5, 0.6) is 0 Å². The van der Waals surface area contributed by atoms with Crippen LogP contribution >= 0.6 is 0 Å². The van der Waals surface area contributed by atoms with Gasteiger partial charge in [0.25, 0.3) is 5.69 Å². The normalized spacial score (nSPS) is 9.70. The van der Waals surface area contributed by atoms with E-state index in [1.807, 2.05) is 0 Å². The largest absolute Gasteiger partial charge is 0.465 e. The van der Waals surface area contributed by atoms with E-state index < -0.39 is 28.2 Å². The number of nitro groups is 1. The molecule has 2 aromatic rings. The SMILES string of the molecule is COC(=O)c1cc(F)cc([N+](=O)[O-])c1C#Cc1ccc(F)cc1. The Hall–Kier alpha value is -3.27. The minimum absolute atomic E-state index is 0.271. The number of rotatable bonds is 2. The first-order valence-electron chi connectivity index (χ1n) is 6.26. The van der Waals surface area contributed by atoms with Crippen molar-refractivity contribution in [1.29, 1.82) is 0 Å². The lowest BCUT2D eigenvalue weighted by Crippen LogP contribution is -2.07. The number of carbonyl (C=O) groups excluding carboxylic acids is 1. The summed E-state index contributed by atoms with van der Waals surface area (Å²) in [5.74, 6) is 2.67. The van der Waals surface area contributed by atoms with Gasteiger partial charge in [-0.05, 0) is 30.3 Å². The topological polar surface area (TPSA) is 69.4 Å². The number of esters is 1. The Balaban J connectivity index is 2.62. The molecule has 0 aliphatic carbocycles. The average Bonchev–Trinajstić information content (AvgIpc) is 2.53. The van der Waals surface area contributed by atoms with Gasteiger partial charge < -0.3 is 4.74 Å². The van der Waals surface area contributed by atoms with E-state index in [1.54, 1.807) is 0 Å². The van der Waals surface area contributed by atoms with Crippen molar-refractivity contribution in [2.75, 3.05) is 7.11 Å². The Kier molecular flexibility index (Phi) is 4.66. The van der Waals surface area contributed by atoms with Crippen molar-refractivity contribution < 1.29 is 23.2 Å². The fourth-order valence-electron chi connectivity index (χ4n) is 1.81. The molecule has 0 spiro atoms. The molecule has 0 aromatic heterocycles. The Morgan fingerprint density at radius 1 is 1.13 bits per heavy atom. The molecule has 2 rings (SSSR count). The number of hydrogen-bond acceptors (Lipinski definition) is 4. The van der Waals surface area contributed by atoms with Crippen molar-refractivity contribution >= 4 is 11.7 Å². The smallest absolute Gasteiger partial charge is 0.339 e. The summed E-state index contributed by atoms with van der Waals surface area (Å²) < 4.78 is 30.8. The lowest BCUT2D eigenvalue weighted by atomic mass is 10.0. The lowest BCUT2D eigenvalue weighted by Gasteiger charge is -2.04. The zero-order chi connectivity index (χ0) is 17.0. The molecule has 0 bridgehead atoms. The van der Waals surface area contributed by atoms with E-state index in [0.717, 1.165) is 13.2 Å². The van der Waals surface area contributed by atoms with Crippen molar-refractivity contribution in [3.8, 4) is 11.8 Å². The number of nitrogens with zero attached hydrogens (tertiary/aromatic N) is 1. The van der Waals surface area contributed by atoms with Gasteiger partial charge in [0.05, 0.1) is 23.7 Å². The third-order valence-corrected chi connectivity index (χ3v) is 2.86. The van der Waals surface area contributed by atoms with Crippen LogP contribution in [0.3, 0.4) is 0 Å². The molecule has 0 N–H and O–H groups in total. The van der Waals surface area contributed by atoms with E-state index >= 15 is 0 Å².